The molecule has 0 saturated heterocycles. The summed E-state index contributed by atoms with van der Waals surface area (Å²) >= 11 is 0. The molecule has 0 aliphatic carbocycles. The molecule has 22 heavy (non-hydrogen) atoms. The van der Waals surface area contributed by atoms with Crippen molar-refractivity contribution >= 4 is 0 Å². The van der Waals surface area contributed by atoms with Crippen molar-refractivity contribution in [1.29, 1.82) is 0 Å². The summed E-state index contributed by atoms with van der Waals surface area (Å²) in [5, 5.41) is 0. The molecule has 3 rings (SSSR count). The predicted molar refractivity (Wildman–Crippen MR) is 90.1 cm³/mol. The van der Waals surface area contributed by atoms with E-state index >= 15 is 0 Å². The number of benzene rings is 2. The van der Waals surface area contributed by atoms with Gasteiger partial charge in [-0.1, -0.05) is 59.7 Å². The second-order valence-electron chi connectivity index (χ2n) is 5.69. The summed E-state index contributed by atoms with van der Waals surface area (Å²) in [5.74, 6) is 0.624. The molecule has 0 bridgehead atoms. The van der Waals surface area contributed by atoms with Crippen molar-refractivity contribution in [2.75, 3.05) is 0 Å². The Kier molecular flexibility index (Phi) is 3.68. The van der Waals surface area contributed by atoms with Crippen LogP contribution in [0.1, 0.15) is 16.7 Å². The fourth-order valence-electron chi connectivity index (χ4n) is 2.44. The highest BCUT2D eigenvalue weighted by Crippen LogP contribution is 2.32. The highest BCUT2D eigenvalue weighted by Gasteiger charge is 2.13. The smallest absolute Gasteiger partial charge is 0.339 e. The van der Waals surface area contributed by atoms with E-state index in [4.69, 9.17) is 4.42 Å². The molecular weight excluding hydrogens is 272 g/mol. The van der Waals surface area contributed by atoms with Crippen LogP contribution in [0.4, 0.5) is 0 Å². The minimum atomic E-state index is -0.286. The highest BCUT2D eigenvalue weighted by molar-refractivity contribution is 5.79. The van der Waals surface area contributed by atoms with E-state index < -0.39 is 0 Å². The van der Waals surface area contributed by atoms with Gasteiger partial charge in [-0.2, -0.15) is 0 Å². The van der Waals surface area contributed by atoms with Gasteiger partial charge in [-0.05, 0) is 32.4 Å². The van der Waals surface area contributed by atoms with Gasteiger partial charge < -0.3 is 4.42 Å². The fourth-order valence-corrected chi connectivity index (χ4v) is 2.44. The molecule has 0 atom stereocenters. The van der Waals surface area contributed by atoms with Crippen molar-refractivity contribution in [2.45, 2.75) is 20.8 Å². The van der Waals surface area contributed by atoms with Crippen LogP contribution >= 0.6 is 0 Å². The van der Waals surface area contributed by atoms with Gasteiger partial charge in [0.2, 0.25) is 0 Å². The summed E-state index contributed by atoms with van der Waals surface area (Å²) in [5.41, 5.74) is 5.62. The summed E-state index contributed by atoms with van der Waals surface area (Å²) in [7, 11) is 0. The van der Waals surface area contributed by atoms with Crippen molar-refractivity contribution in [3.05, 3.63) is 81.7 Å². The summed E-state index contributed by atoms with van der Waals surface area (Å²) in [4.78, 5) is 12.0. The molecule has 110 valence electrons. The Morgan fingerprint density at radius 1 is 0.727 bits per heavy atom. The van der Waals surface area contributed by atoms with Gasteiger partial charge in [-0.25, -0.2) is 4.79 Å². The monoisotopic (exact) mass is 290 g/mol. The zero-order valence-corrected chi connectivity index (χ0v) is 13.0. The maximum atomic E-state index is 12.0. The molecular formula is C20H18O2. The van der Waals surface area contributed by atoms with Crippen LogP contribution in [0.2, 0.25) is 0 Å². The molecule has 0 saturated carbocycles. The lowest BCUT2D eigenvalue weighted by Gasteiger charge is -2.10. The first-order valence-electron chi connectivity index (χ1n) is 7.33. The zero-order valence-electron chi connectivity index (χ0n) is 13.0. The largest absolute Gasteiger partial charge is 0.422 e. The molecule has 0 aliphatic rings. The Bertz CT molecular complexity index is 854. The molecule has 2 nitrogen and oxygen atoms in total. The lowest BCUT2D eigenvalue weighted by molar-refractivity contribution is 0.522. The fraction of sp³-hybridized carbons (Fsp3) is 0.150. The van der Waals surface area contributed by atoms with Crippen molar-refractivity contribution < 1.29 is 4.42 Å². The zero-order chi connectivity index (χ0) is 15.7. The summed E-state index contributed by atoms with van der Waals surface area (Å²) in [6.07, 6.45) is 0. The maximum absolute atomic E-state index is 12.0. The van der Waals surface area contributed by atoms with Gasteiger partial charge in [0.15, 0.2) is 0 Å². The van der Waals surface area contributed by atoms with Gasteiger partial charge >= 0.3 is 5.63 Å². The maximum Gasteiger partial charge on any atom is 0.339 e. The van der Waals surface area contributed by atoms with Gasteiger partial charge in [0.25, 0.3) is 0 Å². The minimum Gasteiger partial charge on any atom is -0.422 e. The first-order valence-corrected chi connectivity index (χ1v) is 7.33. The van der Waals surface area contributed by atoms with Gasteiger partial charge in [0.05, 0.1) is 0 Å². The van der Waals surface area contributed by atoms with Crippen LogP contribution in [0.3, 0.4) is 0 Å². The molecule has 0 spiro atoms. The Morgan fingerprint density at radius 2 is 1.23 bits per heavy atom. The van der Waals surface area contributed by atoms with E-state index in [1.54, 1.807) is 6.92 Å². The standard InChI is InChI=1S/C20H18O2/c1-13-4-8-16(9-5-13)18-12-15(3)20(21)22-19(18)17-10-6-14(2)7-11-17/h4-12H,1-3H3. The van der Waals surface area contributed by atoms with E-state index in [-0.39, 0.29) is 5.63 Å². The molecule has 0 aliphatic heterocycles. The number of hydrogen-bond acceptors (Lipinski definition) is 2. The van der Waals surface area contributed by atoms with E-state index in [2.05, 4.69) is 31.2 Å². The van der Waals surface area contributed by atoms with E-state index in [0.717, 1.165) is 16.7 Å². The Hall–Kier alpha value is -2.61. The molecule has 3 aromatic rings. The summed E-state index contributed by atoms with van der Waals surface area (Å²) in [6.45, 7) is 5.87. The second-order valence-corrected chi connectivity index (χ2v) is 5.69. The topological polar surface area (TPSA) is 30.2 Å². The van der Waals surface area contributed by atoms with Crippen LogP contribution in [-0.4, -0.2) is 0 Å². The number of aryl methyl sites for hydroxylation is 3. The first kappa shape index (κ1) is 14.3. The van der Waals surface area contributed by atoms with E-state index in [1.807, 2.05) is 37.3 Å². The third-order valence-corrected chi connectivity index (χ3v) is 3.80. The van der Waals surface area contributed by atoms with Crippen LogP contribution in [0.25, 0.3) is 22.5 Å². The predicted octanol–water partition coefficient (Wildman–Crippen LogP) is 4.90. The quantitative estimate of drug-likeness (QED) is 0.672. The lowest BCUT2D eigenvalue weighted by Crippen LogP contribution is -2.04. The molecule has 0 N–H and O–H groups in total. The molecule has 2 heteroatoms. The Labute approximate surface area is 130 Å². The minimum absolute atomic E-state index is 0.286. The summed E-state index contributed by atoms with van der Waals surface area (Å²) < 4.78 is 5.59. The SMILES string of the molecule is Cc1ccc(-c2cc(C)c(=O)oc2-c2ccc(C)cc2)cc1. The van der Waals surface area contributed by atoms with Crippen molar-refractivity contribution in [3.8, 4) is 22.5 Å². The normalized spacial score (nSPS) is 10.7. The van der Waals surface area contributed by atoms with E-state index in [1.165, 1.54) is 11.1 Å². The van der Waals surface area contributed by atoms with E-state index in [0.29, 0.717) is 11.3 Å². The summed E-state index contributed by atoms with van der Waals surface area (Å²) in [6, 6.07) is 18.2. The molecule has 0 fully saturated rings. The van der Waals surface area contributed by atoms with Gasteiger partial charge in [0, 0.05) is 16.7 Å². The average Bonchev–Trinajstić information content (AvgIpc) is 2.51. The first-order chi connectivity index (χ1) is 10.5. The Morgan fingerprint density at radius 3 is 1.77 bits per heavy atom. The Balaban J connectivity index is 2.24. The molecule has 0 unspecified atom stereocenters. The van der Waals surface area contributed by atoms with Crippen LogP contribution in [0.5, 0.6) is 0 Å². The average molecular weight is 290 g/mol. The van der Waals surface area contributed by atoms with Gasteiger partial charge in [-0.15, -0.1) is 0 Å². The van der Waals surface area contributed by atoms with Crippen molar-refractivity contribution in [1.82, 2.24) is 0 Å². The molecule has 0 radical (unpaired) electrons. The molecule has 0 amide bonds. The molecule has 1 heterocycles. The number of hydrogen-bond donors (Lipinski definition) is 0. The third-order valence-electron chi connectivity index (χ3n) is 3.80. The third kappa shape index (κ3) is 2.73. The lowest BCUT2D eigenvalue weighted by atomic mass is 9.98. The van der Waals surface area contributed by atoms with Crippen LogP contribution < -0.4 is 5.63 Å². The highest BCUT2D eigenvalue weighted by atomic mass is 16.4. The van der Waals surface area contributed by atoms with Gasteiger partial charge in [0.1, 0.15) is 5.76 Å². The molecule has 1 aromatic heterocycles. The van der Waals surface area contributed by atoms with Gasteiger partial charge in [-0.3, -0.25) is 0 Å². The van der Waals surface area contributed by atoms with Crippen molar-refractivity contribution in [2.24, 2.45) is 0 Å². The second kappa shape index (κ2) is 5.64. The van der Waals surface area contributed by atoms with Crippen LogP contribution in [-0.2, 0) is 0 Å². The van der Waals surface area contributed by atoms with Crippen molar-refractivity contribution in [3.63, 3.8) is 0 Å². The number of rotatable bonds is 2. The van der Waals surface area contributed by atoms with E-state index in [9.17, 15) is 4.79 Å². The van der Waals surface area contributed by atoms with Crippen LogP contribution in [0.15, 0.2) is 63.8 Å². The molecule has 2 aromatic carbocycles. The van der Waals surface area contributed by atoms with Crippen LogP contribution in [0, 0.1) is 20.8 Å².